The lowest BCUT2D eigenvalue weighted by Crippen LogP contribution is -2.28. The number of fused-ring (bicyclic) bond motifs is 1. The lowest BCUT2D eigenvalue weighted by Gasteiger charge is -2.25. The van der Waals surface area contributed by atoms with E-state index in [1.807, 2.05) is 36.4 Å². The average molecular weight is 474 g/mol. The van der Waals surface area contributed by atoms with E-state index in [1.165, 1.54) is 24.4 Å². The van der Waals surface area contributed by atoms with Crippen molar-refractivity contribution in [2.24, 2.45) is 5.92 Å². The first kappa shape index (κ1) is 24.3. The van der Waals surface area contributed by atoms with E-state index in [0.717, 1.165) is 29.0 Å². The molecule has 0 saturated heterocycles. The summed E-state index contributed by atoms with van der Waals surface area (Å²) in [5.41, 5.74) is 4.33. The summed E-state index contributed by atoms with van der Waals surface area (Å²) in [6, 6.07) is 17.2. The zero-order valence-electron chi connectivity index (χ0n) is 20.5. The third-order valence-electron chi connectivity index (χ3n) is 6.36. The van der Waals surface area contributed by atoms with Crippen LogP contribution in [0.1, 0.15) is 43.9 Å². The van der Waals surface area contributed by atoms with Gasteiger partial charge in [-0.2, -0.15) is 0 Å². The van der Waals surface area contributed by atoms with Gasteiger partial charge in [0.05, 0.1) is 0 Å². The third kappa shape index (κ3) is 5.80. The molecule has 1 heterocycles. The fourth-order valence-corrected chi connectivity index (χ4v) is 4.21. The van der Waals surface area contributed by atoms with Crippen molar-refractivity contribution < 1.29 is 19.4 Å². The summed E-state index contributed by atoms with van der Waals surface area (Å²) in [5, 5.41) is 12.3. The van der Waals surface area contributed by atoms with Gasteiger partial charge in [-0.3, -0.25) is 9.69 Å². The number of carbonyl (C=O) groups is 2. The molecule has 35 heavy (non-hydrogen) atoms. The lowest BCUT2D eigenvalue weighted by molar-refractivity contribution is -0.120. The Bertz CT molecular complexity index is 1250. The molecule has 2 aromatic carbocycles. The number of amides is 2. The minimum atomic E-state index is -1.10. The third-order valence-corrected chi connectivity index (χ3v) is 6.36. The van der Waals surface area contributed by atoms with Crippen LogP contribution in [0.2, 0.25) is 0 Å². The number of carbonyl (C=O) groups excluding carboxylic acids is 1. The van der Waals surface area contributed by atoms with Crippen LogP contribution in [-0.2, 0) is 23.1 Å². The Morgan fingerprint density at radius 3 is 2.57 bits per heavy atom. The van der Waals surface area contributed by atoms with Crippen molar-refractivity contribution in [3.05, 3.63) is 77.5 Å². The Balaban J connectivity index is 1.46. The molecule has 2 amide bonds. The molecular weight excluding hydrogens is 442 g/mol. The fraction of sp³-hybridized carbons (Fsp3) is 0.321. The maximum Gasteiger partial charge on any atom is 0.412 e. The molecule has 0 fully saturated rings. The Labute approximate surface area is 205 Å². The summed E-state index contributed by atoms with van der Waals surface area (Å²) in [5.74, 6) is 1.32. The largest absolute Gasteiger partial charge is 0.465 e. The van der Waals surface area contributed by atoms with Gasteiger partial charge in [-0.15, -0.1) is 0 Å². The van der Waals surface area contributed by atoms with Gasteiger partial charge in [0.25, 0.3) is 0 Å². The highest BCUT2D eigenvalue weighted by Gasteiger charge is 2.25. The number of benzene rings is 2. The maximum absolute atomic E-state index is 13.1. The van der Waals surface area contributed by atoms with E-state index >= 15 is 0 Å². The van der Waals surface area contributed by atoms with Crippen molar-refractivity contribution in [2.75, 3.05) is 17.3 Å². The average Bonchev–Trinajstić information content (AvgIpc) is 2.83. The molecule has 3 aromatic rings. The molecule has 1 unspecified atom stereocenters. The van der Waals surface area contributed by atoms with Crippen LogP contribution in [0.5, 0.6) is 11.5 Å². The van der Waals surface area contributed by atoms with Crippen LogP contribution in [0.15, 0.2) is 60.8 Å². The minimum Gasteiger partial charge on any atom is -0.465 e. The molecule has 182 valence electrons. The number of pyridine rings is 1. The Kier molecular flexibility index (Phi) is 6.78. The lowest BCUT2D eigenvalue weighted by atomic mass is 9.83. The highest BCUT2D eigenvalue weighted by Crippen LogP contribution is 2.32. The van der Waals surface area contributed by atoms with Crippen molar-refractivity contribution in [2.45, 2.75) is 45.4 Å². The van der Waals surface area contributed by atoms with Gasteiger partial charge >= 0.3 is 6.09 Å². The van der Waals surface area contributed by atoms with Gasteiger partial charge in [-0.1, -0.05) is 39.0 Å². The van der Waals surface area contributed by atoms with E-state index in [2.05, 4.69) is 37.1 Å². The molecule has 1 aliphatic rings. The van der Waals surface area contributed by atoms with E-state index in [9.17, 15) is 14.7 Å². The molecule has 0 saturated carbocycles. The molecule has 0 bridgehead atoms. The van der Waals surface area contributed by atoms with Gasteiger partial charge in [0.1, 0.15) is 17.3 Å². The van der Waals surface area contributed by atoms with Crippen LogP contribution in [0.3, 0.4) is 0 Å². The smallest absolute Gasteiger partial charge is 0.412 e. The summed E-state index contributed by atoms with van der Waals surface area (Å²) in [6.45, 7) is 6.47. The van der Waals surface area contributed by atoms with Crippen LogP contribution in [0.4, 0.5) is 16.3 Å². The number of aromatic nitrogens is 1. The first-order valence-electron chi connectivity index (χ1n) is 11.7. The van der Waals surface area contributed by atoms with Gasteiger partial charge in [0.2, 0.25) is 5.91 Å². The second-order valence-electron chi connectivity index (χ2n) is 9.98. The summed E-state index contributed by atoms with van der Waals surface area (Å²) >= 11 is 0. The molecule has 4 rings (SSSR count). The summed E-state index contributed by atoms with van der Waals surface area (Å²) in [6.07, 6.45) is 2.68. The zero-order valence-corrected chi connectivity index (χ0v) is 20.5. The molecule has 0 aliphatic heterocycles. The van der Waals surface area contributed by atoms with Gasteiger partial charge in [0, 0.05) is 30.9 Å². The van der Waals surface area contributed by atoms with Crippen LogP contribution in [0, 0.1) is 5.92 Å². The van der Waals surface area contributed by atoms with Crippen molar-refractivity contribution in [3.8, 4) is 11.5 Å². The molecular formula is C28H31N3O4. The van der Waals surface area contributed by atoms with E-state index in [0.29, 0.717) is 17.9 Å². The standard InChI is InChI=1S/C28H31N3O4/c1-28(2,3)21-6-5-7-22(16-21)30-26(32)19-9-8-18-10-11-23(15-20(18)14-19)35-24-12-13-29-25(17-24)31(4)27(33)34/h5-7,10-13,15-17,19H,8-9,14H2,1-4H3,(H,30,32)(H,33,34). The number of rotatable bonds is 5. The van der Waals surface area contributed by atoms with E-state index < -0.39 is 6.09 Å². The predicted molar refractivity (Wildman–Crippen MR) is 136 cm³/mol. The molecule has 1 aromatic heterocycles. The topological polar surface area (TPSA) is 91.8 Å². The number of ether oxygens (including phenoxy) is 1. The molecule has 0 spiro atoms. The summed E-state index contributed by atoms with van der Waals surface area (Å²) in [7, 11) is 1.43. The minimum absolute atomic E-state index is 0.0134. The van der Waals surface area contributed by atoms with Crippen molar-refractivity contribution in [1.29, 1.82) is 0 Å². The van der Waals surface area contributed by atoms with Crippen LogP contribution in [-0.4, -0.2) is 29.1 Å². The normalized spacial score (nSPS) is 15.1. The number of anilines is 2. The van der Waals surface area contributed by atoms with Crippen molar-refractivity contribution >= 4 is 23.5 Å². The highest BCUT2D eigenvalue weighted by molar-refractivity contribution is 5.93. The monoisotopic (exact) mass is 473 g/mol. The van der Waals surface area contributed by atoms with Gasteiger partial charge in [-0.05, 0) is 71.7 Å². The molecule has 1 atom stereocenters. The maximum atomic E-state index is 13.1. The number of hydrogen-bond acceptors (Lipinski definition) is 4. The van der Waals surface area contributed by atoms with Crippen LogP contribution in [0.25, 0.3) is 0 Å². The number of nitrogens with one attached hydrogen (secondary N) is 1. The molecule has 2 N–H and O–H groups in total. The SMILES string of the molecule is CN(C(=O)O)c1cc(Oc2ccc3c(c2)CC(C(=O)Nc2cccc(C(C)(C)C)c2)CC3)ccn1. The quantitative estimate of drug-likeness (QED) is 0.472. The van der Waals surface area contributed by atoms with Crippen molar-refractivity contribution in [3.63, 3.8) is 0 Å². The fourth-order valence-electron chi connectivity index (χ4n) is 4.21. The van der Waals surface area contributed by atoms with E-state index in [-0.39, 0.29) is 23.1 Å². The van der Waals surface area contributed by atoms with Crippen LogP contribution < -0.4 is 15.0 Å². The number of nitrogens with zero attached hydrogens (tertiary/aromatic N) is 2. The molecule has 7 heteroatoms. The first-order chi connectivity index (χ1) is 16.6. The van der Waals surface area contributed by atoms with E-state index in [1.54, 1.807) is 12.1 Å². The molecule has 7 nitrogen and oxygen atoms in total. The Hall–Kier alpha value is -3.87. The van der Waals surface area contributed by atoms with Gasteiger partial charge in [-0.25, -0.2) is 9.78 Å². The van der Waals surface area contributed by atoms with Gasteiger partial charge in [0.15, 0.2) is 0 Å². The zero-order chi connectivity index (χ0) is 25.2. The first-order valence-corrected chi connectivity index (χ1v) is 11.7. The Morgan fingerprint density at radius 1 is 1.06 bits per heavy atom. The highest BCUT2D eigenvalue weighted by atomic mass is 16.5. The van der Waals surface area contributed by atoms with Gasteiger partial charge < -0.3 is 15.2 Å². The molecule has 0 radical (unpaired) electrons. The van der Waals surface area contributed by atoms with Crippen LogP contribution >= 0.6 is 0 Å². The molecule has 1 aliphatic carbocycles. The van der Waals surface area contributed by atoms with E-state index in [4.69, 9.17) is 4.74 Å². The number of aryl methyl sites for hydroxylation is 1. The predicted octanol–water partition coefficient (Wildman–Crippen LogP) is 6.03. The van der Waals surface area contributed by atoms with Crippen molar-refractivity contribution in [1.82, 2.24) is 4.98 Å². The summed E-state index contributed by atoms with van der Waals surface area (Å²) in [4.78, 5) is 29.4. The second kappa shape index (κ2) is 9.78. The second-order valence-corrected chi connectivity index (χ2v) is 9.98. The number of hydrogen-bond donors (Lipinski definition) is 2. The Morgan fingerprint density at radius 2 is 1.83 bits per heavy atom. The summed E-state index contributed by atoms with van der Waals surface area (Å²) < 4.78 is 5.99. The number of carboxylic acid groups (broad SMARTS) is 1.